The van der Waals surface area contributed by atoms with E-state index in [0.717, 1.165) is 48.5 Å². The molecule has 0 unspecified atom stereocenters. The number of pyridine rings is 1. The molecule has 5 rings (SSSR count). The van der Waals surface area contributed by atoms with E-state index in [-0.39, 0.29) is 0 Å². The van der Waals surface area contributed by atoms with Crippen molar-refractivity contribution in [1.29, 1.82) is 0 Å². The van der Waals surface area contributed by atoms with Crippen molar-refractivity contribution < 1.29 is 9.50 Å². The Morgan fingerprint density at radius 3 is 2.59 bits per heavy atom. The van der Waals surface area contributed by atoms with Crippen molar-refractivity contribution in [3.63, 3.8) is 0 Å². The van der Waals surface area contributed by atoms with Gasteiger partial charge in [-0.3, -0.25) is 9.99 Å². The van der Waals surface area contributed by atoms with Crippen LogP contribution in [0.4, 0.5) is 4.39 Å². The van der Waals surface area contributed by atoms with E-state index in [9.17, 15) is 9.50 Å². The second-order valence-corrected chi connectivity index (χ2v) is 8.02. The highest BCUT2D eigenvalue weighted by atomic mass is 19.1. The van der Waals surface area contributed by atoms with Crippen LogP contribution in [0.2, 0.25) is 0 Å². The van der Waals surface area contributed by atoms with Gasteiger partial charge in [0.15, 0.2) is 11.6 Å². The molecule has 1 N–H and O–H groups in total. The van der Waals surface area contributed by atoms with Gasteiger partial charge < -0.3 is 14.6 Å². The highest BCUT2D eigenvalue weighted by Crippen LogP contribution is 2.34. The third-order valence-corrected chi connectivity index (χ3v) is 5.84. The fourth-order valence-corrected chi connectivity index (χ4v) is 4.00. The van der Waals surface area contributed by atoms with Gasteiger partial charge in [0.25, 0.3) is 0 Å². The topological polar surface area (TPSA) is 56.9 Å². The Labute approximate surface area is 185 Å². The summed E-state index contributed by atoms with van der Waals surface area (Å²) in [6.07, 6.45) is 5.23. The Morgan fingerprint density at radius 2 is 1.81 bits per heavy atom. The van der Waals surface area contributed by atoms with Gasteiger partial charge in [-0.25, -0.2) is 4.39 Å². The molecule has 1 aliphatic rings. The minimum Gasteiger partial charge on any atom is -0.504 e. The molecule has 7 heteroatoms. The molecule has 1 fully saturated rings. The maximum atomic E-state index is 14.7. The quantitative estimate of drug-likeness (QED) is 0.496. The van der Waals surface area contributed by atoms with Crippen LogP contribution in [0.5, 0.6) is 5.75 Å². The van der Waals surface area contributed by atoms with E-state index < -0.39 is 11.6 Å². The van der Waals surface area contributed by atoms with Gasteiger partial charge in [0.2, 0.25) is 0 Å². The summed E-state index contributed by atoms with van der Waals surface area (Å²) < 4.78 is 16.8. The fourth-order valence-electron chi connectivity index (χ4n) is 4.00. The van der Waals surface area contributed by atoms with Crippen LogP contribution >= 0.6 is 0 Å². The van der Waals surface area contributed by atoms with Crippen LogP contribution in [0.15, 0.2) is 72.1 Å². The van der Waals surface area contributed by atoms with E-state index in [1.807, 2.05) is 58.2 Å². The van der Waals surface area contributed by atoms with Gasteiger partial charge in [-0.05, 0) is 49.0 Å². The van der Waals surface area contributed by atoms with Crippen LogP contribution in [-0.4, -0.2) is 64.0 Å². The molecule has 0 radical (unpaired) electrons. The molecule has 2 aromatic carbocycles. The van der Waals surface area contributed by atoms with E-state index in [1.54, 1.807) is 12.3 Å². The first-order valence-electron chi connectivity index (χ1n) is 10.6. The molecule has 3 heterocycles. The molecule has 0 amide bonds. The van der Waals surface area contributed by atoms with E-state index in [4.69, 9.17) is 0 Å². The average molecular weight is 429 g/mol. The number of nitrogens with zero attached hydrogens (tertiary/aromatic N) is 5. The zero-order valence-electron chi connectivity index (χ0n) is 17.8. The standard InChI is InChI=1S/C25H24FN5O/c1-29-10-12-30(13-11-29)28-16-19-14-18(15-22(26)25(19)32)21-17-31(20-6-3-2-4-7-20)23-8-5-9-27-24(21)23/h2-9,14-17,32H,10-13H2,1H3/b28-16+. The zero-order chi connectivity index (χ0) is 22.1. The first kappa shape index (κ1) is 20.2. The average Bonchev–Trinajstić information content (AvgIpc) is 3.21. The summed E-state index contributed by atoms with van der Waals surface area (Å²) in [4.78, 5) is 6.80. The van der Waals surface area contributed by atoms with Crippen molar-refractivity contribution in [3.05, 3.63) is 78.4 Å². The monoisotopic (exact) mass is 429 g/mol. The maximum Gasteiger partial charge on any atom is 0.166 e. The lowest BCUT2D eigenvalue weighted by molar-refractivity contribution is 0.159. The van der Waals surface area contributed by atoms with E-state index in [1.165, 1.54) is 12.3 Å². The van der Waals surface area contributed by atoms with Crippen molar-refractivity contribution in [1.82, 2.24) is 19.5 Å². The Kier molecular flexibility index (Phi) is 5.33. The number of fused-ring (bicyclic) bond motifs is 1. The molecule has 0 saturated carbocycles. The lowest BCUT2D eigenvalue weighted by atomic mass is 10.0. The van der Waals surface area contributed by atoms with Crippen LogP contribution < -0.4 is 0 Å². The SMILES string of the molecule is CN1CCN(/N=C/c2cc(-c3cn(-c4ccccc4)c4cccnc34)cc(F)c2O)CC1. The molecule has 0 atom stereocenters. The Morgan fingerprint density at radius 1 is 1.03 bits per heavy atom. The fraction of sp³-hybridized carbons (Fsp3) is 0.200. The molecule has 1 aliphatic heterocycles. The number of para-hydroxylation sites is 1. The summed E-state index contributed by atoms with van der Waals surface area (Å²) in [6, 6.07) is 16.9. The minimum absolute atomic E-state index is 0.343. The largest absolute Gasteiger partial charge is 0.504 e. The number of phenols is 1. The molecule has 0 aliphatic carbocycles. The minimum atomic E-state index is -0.682. The number of hydrazone groups is 1. The summed E-state index contributed by atoms with van der Waals surface area (Å²) in [7, 11) is 2.08. The van der Waals surface area contributed by atoms with Gasteiger partial charge >= 0.3 is 0 Å². The summed E-state index contributed by atoms with van der Waals surface area (Å²) in [5, 5.41) is 16.7. The second kappa shape index (κ2) is 8.43. The summed E-state index contributed by atoms with van der Waals surface area (Å²) in [5.41, 5.74) is 4.46. The predicted molar refractivity (Wildman–Crippen MR) is 125 cm³/mol. The predicted octanol–water partition coefficient (Wildman–Crippen LogP) is 4.12. The number of phenolic OH excluding ortho intramolecular Hbond substituents is 1. The second-order valence-electron chi connectivity index (χ2n) is 8.02. The highest BCUT2D eigenvalue weighted by Gasteiger charge is 2.17. The third kappa shape index (κ3) is 3.83. The Hall–Kier alpha value is -3.71. The van der Waals surface area contributed by atoms with Crippen molar-refractivity contribution in [2.45, 2.75) is 0 Å². The maximum absolute atomic E-state index is 14.7. The number of aromatic nitrogens is 2. The number of hydrogen-bond donors (Lipinski definition) is 1. The third-order valence-electron chi connectivity index (χ3n) is 5.84. The summed E-state index contributed by atoms with van der Waals surface area (Å²) >= 11 is 0. The molecular formula is C25H24FN5O. The Bertz CT molecular complexity index is 1280. The lowest BCUT2D eigenvalue weighted by Gasteiger charge is -2.30. The van der Waals surface area contributed by atoms with Gasteiger partial charge in [0.05, 0.1) is 17.2 Å². The van der Waals surface area contributed by atoms with Gasteiger partial charge in [0.1, 0.15) is 0 Å². The van der Waals surface area contributed by atoms with E-state index >= 15 is 0 Å². The smallest absolute Gasteiger partial charge is 0.166 e. The molecule has 0 bridgehead atoms. The molecule has 6 nitrogen and oxygen atoms in total. The van der Waals surface area contributed by atoms with Gasteiger partial charge in [-0.1, -0.05) is 18.2 Å². The zero-order valence-corrected chi connectivity index (χ0v) is 17.8. The molecular weight excluding hydrogens is 405 g/mol. The number of benzene rings is 2. The van der Waals surface area contributed by atoms with Crippen molar-refractivity contribution >= 4 is 17.2 Å². The molecule has 4 aromatic rings. The van der Waals surface area contributed by atoms with Gasteiger partial charge in [-0.2, -0.15) is 5.10 Å². The summed E-state index contributed by atoms with van der Waals surface area (Å²) in [5.74, 6) is -1.08. The number of rotatable bonds is 4. The van der Waals surface area contributed by atoms with E-state index in [0.29, 0.717) is 11.1 Å². The van der Waals surface area contributed by atoms with Gasteiger partial charge in [0, 0.05) is 55.4 Å². The van der Waals surface area contributed by atoms with Crippen LogP contribution in [-0.2, 0) is 0 Å². The highest BCUT2D eigenvalue weighted by molar-refractivity contribution is 5.96. The first-order valence-corrected chi connectivity index (χ1v) is 10.6. The van der Waals surface area contributed by atoms with Crippen LogP contribution in [0.1, 0.15) is 5.56 Å². The number of halogens is 1. The van der Waals surface area contributed by atoms with Crippen molar-refractivity contribution in [2.75, 3.05) is 33.2 Å². The van der Waals surface area contributed by atoms with E-state index in [2.05, 4.69) is 22.0 Å². The van der Waals surface area contributed by atoms with Crippen LogP contribution in [0.3, 0.4) is 0 Å². The molecule has 2 aromatic heterocycles. The molecule has 0 spiro atoms. The number of aromatic hydroxyl groups is 1. The van der Waals surface area contributed by atoms with Crippen molar-refractivity contribution in [3.8, 4) is 22.6 Å². The molecule has 162 valence electrons. The van der Waals surface area contributed by atoms with Gasteiger partial charge in [-0.15, -0.1) is 0 Å². The lowest BCUT2D eigenvalue weighted by Crippen LogP contribution is -2.41. The molecule has 1 saturated heterocycles. The van der Waals surface area contributed by atoms with Crippen molar-refractivity contribution in [2.24, 2.45) is 5.10 Å². The normalized spacial score (nSPS) is 15.1. The number of likely N-dealkylation sites (N-methyl/N-ethyl adjacent to an activating group) is 1. The van der Waals surface area contributed by atoms with Crippen LogP contribution in [0, 0.1) is 5.82 Å². The Balaban J connectivity index is 1.57. The number of piperazine rings is 1. The van der Waals surface area contributed by atoms with Crippen LogP contribution in [0.25, 0.3) is 27.8 Å². The summed E-state index contributed by atoms with van der Waals surface area (Å²) in [6.45, 7) is 3.43. The number of hydrogen-bond acceptors (Lipinski definition) is 5. The molecule has 32 heavy (non-hydrogen) atoms. The first-order chi connectivity index (χ1) is 15.6.